The van der Waals surface area contributed by atoms with Crippen molar-refractivity contribution < 1.29 is 23.9 Å². The van der Waals surface area contributed by atoms with Crippen molar-refractivity contribution in [3.8, 4) is 5.75 Å². The Morgan fingerprint density at radius 2 is 1.41 bits per heavy atom. The van der Waals surface area contributed by atoms with E-state index in [1.54, 1.807) is 7.11 Å². The third kappa shape index (κ3) is 12.5. The maximum atomic E-state index is 13.9. The Labute approximate surface area is 235 Å². The lowest BCUT2D eigenvalue weighted by Gasteiger charge is -2.26. The van der Waals surface area contributed by atoms with Crippen LogP contribution in [-0.2, 0) is 32.3 Å². The smallest absolute Gasteiger partial charge is 0.325 e. The van der Waals surface area contributed by atoms with Crippen molar-refractivity contribution in [2.45, 2.75) is 97.6 Å². The minimum atomic E-state index is -0.729. The van der Waals surface area contributed by atoms with E-state index in [0.29, 0.717) is 18.6 Å². The Kier molecular flexibility index (Phi) is 15.6. The summed E-state index contributed by atoms with van der Waals surface area (Å²) in [6, 6.07) is 16.9. The van der Waals surface area contributed by atoms with E-state index in [2.05, 4.69) is 13.8 Å². The summed E-state index contributed by atoms with van der Waals surface area (Å²) in [6.45, 7) is 4.47. The number of Topliss-reactive ketones (excluding diaryl/α,β-unsaturated/α-hetero) is 1. The summed E-state index contributed by atoms with van der Waals surface area (Å²) >= 11 is 0. The van der Waals surface area contributed by atoms with Gasteiger partial charge in [-0.25, -0.2) is 0 Å². The molecule has 1 unspecified atom stereocenters. The highest BCUT2D eigenvalue weighted by atomic mass is 16.5. The van der Waals surface area contributed by atoms with Crippen LogP contribution in [0.15, 0.2) is 54.6 Å². The summed E-state index contributed by atoms with van der Waals surface area (Å²) in [6.07, 6.45) is 10.1. The van der Waals surface area contributed by atoms with Gasteiger partial charge in [-0.2, -0.15) is 0 Å². The molecule has 0 fully saturated rings. The van der Waals surface area contributed by atoms with E-state index < -0.39 is 11.9 Å². The highest BCUT2D eigenvalue weighted by Gasteiger charge is 2.31. The van der Waals surface area contributed by atoms with Gasteiger partial charge in [0.25, 0.3) is 0 Å². The van der Waals surface area contributed by atoms with E-state index >= 15 is 0 Å². The fourth-order valence-corrected chi connectivity index (χ4v) is 4.60. The van der Waals surface area contributed by atoms with Gasteiger partial charge in [0.05, 0.1) is 13.0 Å². The van der Waals surface area contributed by atoms with E-state index in [1.807, 2.05) is 54.6 Å². The molecule has 2 rings (SSSR count). The average Bonchev–Trinajstić information content (AvgIpc) is 2.96. The van der Waals surface area contributed by atoms with Crippen LogP contribution in [0.5, 0.6) is 5.75 Å². The summed E-state index contributed by atoms with van der Waals surface area (Å²) in [7, 11) is 1.60. The number of carbonyl (C=O) groups excluding carboxylic acids is 3. The first kappa shape index (κ1) is 32.1. The topological polar surface area (TPSA) is 72.9 Å². The van der Waals surface area contributed by atoms with Gasteiger partial charge in [0.15, 0.2) is 0 Å². The first-order valence-corrected chi connectivity index (χ1v) is 14.6. The standard InChI is InChI=1S/C33H47NO5/c1-4-6-8-10-15-19-31(35)30(18-14-9-7-5-2)33(37)34(24-27-20-22-29(38-3)23-21-27)25-32(36)39-26-28-16-12-11-13-17-28/h11-13,16-17,20-23,30H,4-10,14-15,18-19,24-26H2,1-3H3. The number of unbranched alkanes of at least 4 members (excludes halogenated alkanes) is 7. The Morgan fingerprint density at radius 3 is 2.05 bits per heavy atom. The molecule has 0 aliphatic carbocycles. The van der Waals surface area contributed by atoms with Gasteiger partial charge in [0.1, 0.15) is 24.7 Å². The summed E-state index contributed by atoms with van der Waals surface area (Å²) in [4.78, 5) is 41.6. The lowest BCUT2D eigenvalue weighted by atomic mass is 9.91. The second-order valence-electron chi connectivity index (χ2n) is 10.2. The number of hydrogen-bond donors (Lipinski definition) is 0. The predicted molar refractivity (Wildman–Crippen MR) is 155 cm³/mol. The van der Waals surface area contributed by atoms with Gasteiger partial charge in [0.2, 0.25) is 5.91 Å². The van der Waals surface area contributed by atoms with Crippen LogP contribution in [0.1, 0.15) is 95.6 Å². The number of esters is 1. The average molecular weight is 538 g/mol. The zero-order chi connectivity index (χ0) is 28.3. The van der Waals surface area contributed by atoms with Gasteiger partial charge >= 0.3 is 5.97 Å². The van der Waals surface area contributed by atoms with Crippen molar-refractivity contribution in [1.29, 1.82) is 0 Å². The molecule has 2 aromatic rings. The van der Waals surface area contributed by atoms with Gasteiger partial charge in [-0.3, -0.25) is 14.4 Å². The van der Waals surface area contributed by atoms with E-state index in [0.717, 1.165) is 68.9 Å². The van der Waals surface area contributed by atoms with E-state index in [4.69, 9.17) is 9.47 Å². The molecule has 0 saturated heterocycles. The maximum Gasteiger partial charge on any atom is 0.325 e. The normalized spacial score (nSPS) is 11.6. The lowest BCUT2D eigenvalue weighted by molar-refractivity contribution is -0.153. The molecule has 0 spiro atoms. The van der Waals surface area contributed by atoms with Crippen molar-refractivity contribution in [2.24, 2.45) is 5.92 Å². The van der Waals surface area contributed by atoms with Crippen LogP contribution in [0.4, 0.5) is 0 Å². The highest BCUT2D eigenvalue weighted by molar-refractivity contribution is 6.02. The largest absolute Gasteiger partial charge is 0.497 e. The quantitative estimate of drug-likeness (QED) is 0.101. The Bertz CT molecular complexity index is 973. The molecule has 0 aliphatic heterocycles. The SMILES string of the molecule is CCCCCCCC(=O)C(CCCCCC)C(=O)N(CC(=O)OCc1ccccc1)Cc1ccc(OC)cc1. The molecule has 2 aromatic carbocycles. The first-order valence-electron chi connectivity index (χ1n) is 14.6. The zero-order valence-corrected chi connectivity index (χ0v) is 24.2. The summed E-state index contributed by atoms with van der Waals surface area (Å²) in [5.74, 6) is -0.792. The molecular formula is C33H47NO5. The molecule has 39 heavy (non-hydrogen) atoms. The van der Waals surface area contributed by atoms with Crippen molar-refractivity contribution in [2.75, 3.05) is 13.7 Å². The molecule has 0 aromatic heterocycles. The number of nitrogens with zero attached hydrogens (tertiary/aromatic N) is 1. The summed E-state index contributed by atoms with van der Waals surface area (Å²) in [5.41, 5.74) is 1.74. The van der Waals surface area contributed by atoms with E-state index in [1.165, 1.54) is 4.90 Å². The van der Waals surface area contributed by atoms with Crippen LogP contribution in [0.2, 0.25) is 0 Å². The zero-order valence-electron chi connectivity index (χ0n) is 24.2. The van der Waals surface area contributed by atoms with Crippen LogP contribution in [0, 0.1) is 5.92 Å². The number of rotatable bonds is 20. The number of methoxy groups -OCH3 is 1. The molecular weight excluding hydrogens is 490 g/mol. The molecule has 6 nitrogen and oxygen atoms in total. The van der Waals surface area contributed by atoms with Gasteiger partial charge in [0, 0.05) is 13.0 Å². The fourth-order valence-electron chi connectivity index (χ4n) is 4.60. The second kappa shape index (κ2) is 19.0. The van der Waals surface area contributed by atoms with Crippen molar-refractivity contribution in [3.63, 3.8) is 0 Å². The molecule has 1 atom stereocenters. The highest BCUT2D eigenvalue weighted by Crippen LogP contribution is 2.21. The van der Waals surface area contributed by atoms with Gasteiger partial charge in [-0.1, -0.05) is 108 Å². The summed E-state index contributed by atoms with van der Waals surface area (Å²) in [5, 5.41) is 0. The van der Waals surface area contributed by atoms with Gasteiger partial charge < -0.3 is 14.4 Å². The molecule has 0 radical (unpaired) electrons. The molecule has 1 amide bonds. The number of hydrogen-bond acceptors (Lipinski definition) is 5. The molecule has 6 heteroatoms. The number of carbonyl (C=O) groups is 3. The molecule has 214 valence electrons. The van der Waals surface area contributed by atoms with Crippen molar-refractivity contribution in [3.05, 3.63) is 65.7 Å². The maximum absolute atomic E-state index is 13.9. The molecule has 0 aliphatic rings. The first-order chi connectivity index (χ1) is 19.0. The minimum Gasteiger partial charge on any atom is -0.497 e. The third-order valence-corrected chi connectivity index (χ3v) is 6.97. The molecule has 0 N–H and O–H groups in total. The molecule has 0 bridgehead atoms. The summed E-state index contributed by atoms with van der Waals surface area (Å²) < 4.78 is 10.8. The predicted octanol–water partition coefficient (Wildman–Crippen LogP) is 7.28. The monoisotopic (exact) mass is 537 g/mol. The van der Waals surface area contributed by atoms with Crippen LogP contribution in [0.3, 0.4) is 0 Å². The Morgan fingerprint density at radius 1 is 0.769 bits per heavy atom. The number of ether oxygens (including phenoxy) is 2. The Hall–Kier alpha value is -3.15. The number of amides is 1. The van der Waals surface area contributed by atoms with Crippen molar-refractivity contribution in [1.82, 2.24) is 4.90 Å². The van der Waals surface area contributed by atoms with Crippen LogP contribution in [0.25, 0.3) is 0 Å². The Balaban J connectivity index is 2.16. The van der Waals surface area contributed by atoms with Crippen LogP contribution in [-0.4, -0.2) is 36.2 Å². The van der Waals surface area contributed by atoms with Gasteiger partial charge in [-0.05, 0) is 36.1 Å². The van der Waals surface area contributed by atoms with Crippen LogP contribution < -0.4 is 4.74 Å². The van der Waals surface area contributed by atoms with E-state index in [-0.39, 0.29) is 31.4 Å². The molecule has 0 heterocycles. The number of ketones is 1. The lowest BCUT2D eigenvalue weighted by Crippen LogP contribution is -2.42. The second-order valence-corrected chi connectivity index (χ2v) is 10.2. The minimum absolute atomic E-state index is 0.00891. The van der Waals surface area contributed by atoms with Crippen molar-refractivity contribution >= 4 is 17.7 Å². The third-order valence-electron chi connectivity index (χ3n) is 6.97. The number of benzene rings is 2. The van der Waals surface area contributed by atoms with Crippen LogP contribution >= 0.6 is 0 Å². The molecule has 0 saturated carbocycles. The van der Waals surface area contributed by atoms with Gasteiger partial charge in [-0.15, -0.1) is 0 Å². The fraction of sp³-hybridized carbons (Fsp3) is 0.545. The van der Waals surface area contributed by atoms with E-state index in [9.17, 15) is 14.4 Å².